The number of piperazine rings is 1. The molecule has 1 atom stereocenters. The number of likely N-dealkylation sites (tertiary alicyclic amines) is 1. The van der Waals surface area contributed by atoms with E-state index in [1.165, 1.54) is 0 Å². The van der Waals surface area contributed by atoms with Gasteiger partial charge in [-0.3, -0.25) is 9.69 Å². The van der Waals surface area contributed by atoms with E-state index >= 15 is 0 Å². The quantitative estimate of drug-likeness (QED) is 0.827. The third kappa shape index (κ3) is 3.71. The van der Waals surface area contributed by atoms with Crippen molar-refractivity contribution in [2.75, 3.05) is 39.3 Å². The molecule has 2 saturated heterocycles. The Morgan fingerprint density at radius 3 is 2.70 bits per heavy atom. The van der Waals surface area contributed by atoms with Crippen LogP contribution in [0.25, 0.3) is 0 Å². The number of hydrogen-bond acceptors (Lipinski definition) is 4. The molecule has 0 aliphatic carbocycles. The summed E-state index contributed by atoms with van der Waals surface area (Å²) < 4.78 is 0. The summed E-state index contributed by atoms with van der Waals surface area (Å²) in [5.74, 6) is 0.291. The Hall–Kier alpha value is -1.12. The van der Waals surface area contributed by atoms with Crippen molar-refractivity contribution in [3.8, 4) is 6.07 Å². The summed E-state index contributed by atoms with van der Waals surface area (Å²) in [7, 11) is 0. The highest BCUT2D eigenvalue weighted by Crippen LogP contribution is 2.24. The summed E-state index contributed by atoms with van der Waals surface area (Å²) in [6.07, 6.45) is 2.89. The third-order valence-electron chi connectivity index (χ3n) is 4.40. The maximum atomic E-state index is 12.6. The lowest BCUT2D eigenvalue weighted by molar-refractivity contribution is -0.136. The molecule has 2 rings (SSSR count). The molecule has 2 heterocycles. The van der Waals surface area contributed by atoms with E-state index < -0.39 is 0 Å². The minimum atomic E-state index is -0.300. The highest BCUT2D eigenvalue weighted by molar-refractivity contribution is 5.82. The number of hydrogen-bond donors (Lipinski definition) is 1. The molecule has 5 nitrogen and oxygen atoms in total. The van der Waals surface area contributed by atoms with Gasteiger partial charge in [-0.2, -0.15) is 5.26 Å². The number of nitriles is 1. The molecular weight excluding hydrogens is 252 g/mol. The van der Waals surface area contributed by atoms with E-state index in [2.05, 4.69) is 16.3 Å². The summed E-state index contributed by atoms with van der Waals surface area (Å²) in [5.41, 5.74) is -0.300. The first-order valence-electron chi connectivity index (χ1n) is 7.68. The zero-order chi connectivity index (χ0) is 14.6. The van der Waals surface area contributed by atoms with Crippen molar-refractivity contribution < 1.29 is 4.79 Å². The maximum Gasteiger partial charge on any atom is 0.240 e. The summed E-state index contributed by atoms with van der Waals surface area (Å²) in [6, 6.07) is 2.39. The molecule has 20 heavy (non-hydrogen) atoms. The van der Waals surface area contributed by atoms with E-state index in [4.69, 9.17) is 5.26 Å². The number of rotatable bonds is 4. The van der Waals surface area contributed by atoms with Crippen LogP contribution in [0.2, 0.25) is 0 Å². The molecule has 0 radical (unpaired) electrons. The topological polar surface area (TPSA) is 59.4 Å². The molecule has 5 heteroatoms. The van der Waals surface area contributed by atoms with Crippen LogP contribution in [0.5, 0.6) is 0 Å². The Morgan fingerprint density at radius 1 is 1.35 bits per heavy atom. The summed E-state index contributed by atoms with van der Waals surface area (Å²) in [4.78, 5) is 16.9. The molecular formula is C15H26N4O. The zero-order valence-electron chi connectivity index (χ0n) is 12.7. The monoisotopic (exact) mass is 278 g/mol. The van der Waals surface area contributed by atoms with Crippen LogP contribution >= 0.6 is 0 Å². The number of nitrogens with zero attached hydrogens (tertiary/aromatic N) is 3. The fourth-order valence-corrected chi connectivity index (χ4v) is 2.95. The molecule has 0 aromatic rings. The SMILES string of the molecule is CC(C)(C#N)CCN1CCCC1C(=O)N1CCNCC1. The van der Waals surface area contributed by atoms with Crippen LogP contribution in [-0.2, 0) is 4.79 Å². The Morgan fingerprint density at radius 2 is 2.05 bits per heavy atom. The van der Waals surface area contributed by atoms with E-state index in [9.17, 15) is 4.79 Å². The van der Waals surface area contributed by atoms with E-state index in [1.54, 1.807) is 0 Å². The van der Waals surface area contributed by atoms with Crippen LogP contribution in [0, 0.1) is 16.7 Å². The molecule has 1 N–H and O–H groups in total. The van der Waals surface area contributed by atoms with Gasteiger partial charge in [0.1, 0.15) is 0 Å². The lowest BCUT2D eigenvalue weighted by Gasteiger charge is -2.33. The highest BCUT2D eigenvalue weighted by atomic mass is 16.2. The average Bonchev–Trinajstić information content (AvgIpc) is 2.94. The molecule has 1 unspecified atom stereocenters. The van der Waals surface area contributed by atoms with Crippen molar-refractivity contribution in [2.24, 2.45) is 5.41 Å². The largest absolute Gasteiger partial charge is 0.339 e. The second-order valence-corrected chi connectivity index (χ2v) is 6.51. The Labute approximate surface area is 121 Å². The lowest BCUT2D eigenvalue weighted by Crippen LogP contribution is -2.52. The van der Waals surface area contributed by atoms with E-state index in [1.807, 2.05) is 18.7 Å². The summed E-state index contributed by atoms with van der Waals surface area (Å²) in [6.45, 7) is 9.24. The van der Waals surface area contributed by atoms with Crippen molar-refractivity contribution >= 4 is 5.91 Å². The molecule has 0 aromatic heterocycles. The molecule has 2 aliphatic heterocycles. The van der Waals surface area contributed by atoms with Gasteiger partial charge in [0.25, 0.3) is 0 Å². The fourth-order valence-electron chi connectivity index (χ4n) is 2.95. The summed E-state index contributed by atoms with van der Waals surface area (Å²) >= 11 is 0. The predicted octanol–water partition coefficient (Wildman–Crippen LogP) is 0.822. The van der Waals surface area contributed by atoms with Crippen LogP contribution in [0.4, 0.5) is 0 Å². The van der Waals surface area contributed by atoms with Crippen molar-refractivity contribution in [2.45, 2.75) is 39.2 Å². The number of amides is 1. The van der Waals surface area contributed by atoms with Crippen molar-refractivity contribution in [3.63, 3.8) is 0 Å². The smallest absolute Gasteiger partial charge is 0.240 e. The molecule has 1 amide bonds. The first kappa shape index (κ1) is 15.3. The third-order valence-corrected chi connectivity index (χ3v) is 4.40. The number of nitrogens with one attached hydrogen (secondary N) is 1. The molecule has 0 bridgehead atoms. The Kier molecular flexibility index (Phi) is 5.00. The van der Waals surface area contributed by atoms with Crippen molar-refractivity contribution in [1.82, 2.24) is 15.1 Å². The molecule has 0 aromatic carbocycles. The fraction of sp³-hybridized carbons (Fsp3) is 0.867. The van der Waals surface area contributed by atoms with Gasteiger partial charge >= 0.3 is 0 Å². The van der Waals surface area contributed by atoms with Gasteiger partial charge in [-0.05, 0) is 39.7 Å². The molecule has 2 fully saturated rings. The van der Waals surface area contributed by atoms with Crippen LogP contribution in [0.1, 0.15) is 33.1 Å². The van der Waals surface area contributed by atoms with E-state index in [-0.39, 0.29) is 11.5 Å². The van der Waals surface area contributed by atoms with E-state index in [0.29, 0.717) is 5.91 Å². The second-order valence-electron chi connectivity index (χ2n) is 6.51. The molecule has 0 saturated carbocycles. The first-order chi connectivity index (χ1) is 9.53. The standard InChI is InChI=1S/C15H26N4O/c1-15(2,12-16)5-9-18-8-3-4-13(18)14(20)19-10-6-17-7-11-19/h13,17H,3-11H2,1-2H3. The van der Waals surface area contributed by atoms with Gasteiger partial charge in [-0.25, -0.2) is 0 Å². The van der Waals surface area contributed by atoms with Crippen LogP contribution in [0.3, 0.4) is 0 Å². The Balaban J connectivity index is 1.90. The second kappa shape index (κ2) is 6.55. The van der Waals surface area contributed by atoms with Crippen molar-refractivity contribution in [3.05, 3.63) is 0 Å². The van der Waals surface area contributed by atoms with Gasteiger partial charge in [0, 0.05) is 32.7 Å². The predicted molar refractivity (Wildman–Crippen MR) is 78.1 cm³/mol. The molecule has 2 aliphatic rings. The number of carbonyl (C=O) groups excluding carboxylic acids is 1. The van der Waals surface area contributed by atoms with Crippen LogP contribution < -0.4 is 5.32 Å². The van der Waals surface area contributed by atoms with Gasteiger partial charge in [0.15, 0.2) is 0 Å². The zero-order valence-corrected chi connectivity index (χ0v) is 12.7. The minimum absolute atomic E-state index is 0.0441. The van der Waals surface area contributed by atoms with Gasteiger partial charge in [0.05, 0.1) is 17.5 Å². The van der Waals surface area contributed by atoms with Gasteiger partial charge in [-0.15, -0.1) is 0 Å². The normalized spacial score (nSPS) is 24.6. The van der Waals surface area contributed by atoms with Crippen LogP contribution in [-0.4, -0.2) is 61.0 Å². The Bertz CT molecular complexity index is 382. The minimum Gasteiger partial charge on any atom is -0.339 e. The molecule has 0 spiro atoms. The van der Waals surface area contributed by atoms with Crippen molar-refractivity contribution in [1.29, 1.82) is 5.26 Å². The average molecular weight is 278 g/mol. The van der Waals surface area contributed by atoms with Crippen LogP contribution in [0.15, 0.2) is 0 Å². The van der Waals surface area contributed by atoms with E-state index in [0.717, 1.165) is 58.5 Å². The van der Waals surface area contributed by atoms with Gasteiger partial charge in [0.2, 0.25) is 5.91 Å². The number of carbonyl (C=O) groups is 1. The van der Waals surface area contributed by atoms with Gasteiger partial charge in [-0.1, -0.05) is 0 Å². The summed E-state index contributed by atoms with van der Waals surface area (Å²) in [5, 5.41) is 12.4. The van der Waals surface area contributed by atoms with Gasteiger partial charge < -0.3 is 10.2 Å². The molecule has 112 valence electrons. The lowest BCUT2D eigenvalue weighted by atomic mass is 9.91. The maximum absolute atomic E-state index is 12.6. The first-order valence-corrected chi connectivity index (χ1v) is 7.68. The highest BCUT2D eigenvalue weighted by Gasteiger charge is 2.34.